The zero-order valence-corrected chi connectivity index (χ0v) is 19.9. The zero-order chi connectivity index (χ0) is 25.8. The van der Waals surface area contributed by atoms with Crippen molar-refractivity contribution in [1.82, 2.24) is 4.31 Å². The quantitative estimate of drug-likeness (QED) is 0.259. The lowest BCUT2D eigenvalue weighted by Crippen LogP contribution is -2.41. The van der Waals surface area contributed by atoms with Crippen LogP contribution in [-0.2, 0) is 26.1 Å². The Morgan fingerprint density at radius 2 is 1.71 bits per heavy atom. The second-order valence-electron chi connectivity index (χ2n) is 7.32. The van der Waals surface area contributed by atoms with Crippen LogP contribution in [0, 0.1) is 10.1 Å². The van der Waals surface area contributed by atoms with Gasteiger partial charge < -0.3 is 10.5 Å². The molecular formula is C23H20ClN3O7S. The van der Waals surface area contributed by atoms with E-state index in [0.29, 0.717) is 11.1 Å². The minimum Gasteiger partial charge on any atom is -0.465 e. The molecule has 0 aliphatic carbocycles. The van der Waals surface area contributed by atoms with Crippen molar-refractivity contribution in [3.63, 3.8) is 0 Å². The standard InChI is InChI=1S/C23H20ClN3O7S/c1-34-23(29)17-9-7-15(8-10-17)14-26(21(22(25)28)16-5-3-2-4-6-16)35(32,33)18-11-12-19(24)20(13-18)27(30)31/h2-13,21H,14H2,1H3,(H2,25,28). The molecule has 1 amide bonds. The first-order chi connectivity index (χ1) is 16.6. The number of esters is 1. The third kappa shape index (κ3) is 5.65. The predicted octanol–water partition coefficient (Wildman–Crippen LogP) is 3.45. The van der Waals surface area contributed by atoms with Crippen molar-refractivity contribution in [2.24, 2.45) is 5.73 Å². The minimum atomic E-state index is -4.52. The third-order valence-corrected chi connectivity index (χ3v) is 7.23. The lowest BCUT2D eigenvalue weighted by atomic mass is 10.1. The summed E-state index contributed by atoms with van der Waals surface area (Å²) in [6.45, 7) is -0.331. The first-order valence-electron chi connectivity index (χ1n) is 10.0. The van der Waals surface area contributed by atoms with Gasteiger partial charge in [-0.1, -0.05) is 54.1 Å². The van der Waals surface area contributed by atoms with Crippen molar-refractivity contribution < 1.29 is 27.7 Å². The molecule has 10 nitrogen and oxygen atoms in total. The van der Waals surface area contributed by atoms with E-state index in [-0.39, 0.29) is 17.1 Å². The fourth-order valence-electron chi connectivity index (χ4n) is 3.40. The highest BCUT2D eigenvalue weighted by molar-refractivity contribution is 7.89. The van der Waals surface area contributed by atoms with Gasteiger partial charge in [-0.25, -0.2) is 13.2 Å². The van der Waals surface area contributed by atoms with E-state index in [1.807, 2.05) is 0 Å². The number of sulfonamides is 1. The molecule has 182 valence electrons. The number of halogens is 1. The Morgan fingerprint density at radius 1 is 1.09 bits per heavy atom. The van der Waals surface area contributed by atoms with Gasteiger partial charge >= 0.3 is 5.97 Å². The number of hydrogen-bond acceptors (Lipinski definition) is 7. The zero-order valence-electron chi connectivity index (χ0n) is 18.3. The van der Waals surface area contributed by atoms with Gasteiger partial charge in [0.05, 0.1) is 22.5 Å². The van der Waals surface area contributed by atoms with E-state index >= 15 is 0 Å². The number of methoxy groups -OCH3 is 1. The van der Waals surface area contributed by atoms with Gasteiger partial charge in [0.1, 0.15) is 11.1 Å². The number of rotatable bonds is 9. The molecule has 12 heteroatoms. The van der Waals surface area contributed by atoms with Crippen LogP contribution in [0.15, 0.2) is 77.7 Å². The van der Waals surface area contributed by atoms with Gasteiger partial charge in [0.2, 0.25) is 15.9 Å². The molecule has 1 atom stereocenters. The second kappa shape index (κ2) is 10.6. The van der Waals surface area contributed by atoms with Crippen LogP contribution in [0.3, 0.4) is 0 Å². The molecule has 3 rings (SSSR count). The molecular weight excluding hydrogens is 498 g/mol. The van der Waals surface area contributed by atoms with Crippen LogP contribution in [0.25, 0.3) is 0 Å². The Hall–Kier alpha value is -3.80. The summed E-state index contributed by atoms with van der Waals surface area (Å²) >= 11 is 5.85. The predicted molar refractivity (Wildman–Crippen MR) is 127 cm³/mol. The van der Waals surface area contributed by atoms with Crippen LogP contribution in [0.2, 0.25) is 5.02 Å². The SMILES string of the molecule is COC(=O)c1ccc(CN(C(C(N)=O)c2ccccc2)S(=O)(=O)c2ccc(Cl)c([N+](=O)[O-])c2)cc1. The van der Waals surface area contributed by atoms with Crippen molar-refractivity contribution in [3.05, 3.63) is 105 Å². The molecule has 0 heterocycles. The topological polar surface area (TPSA) is 150 Å². The molecule has 2 N–H and O–H groups in total. The van der Waals surface area contributed by atoms with Crippen molar-refractivity contribution in [1.29, 1.82) is 0 Å². The number of carbonyl (C=O) groups excluding carboxylic acids is 2. The Bertz CT molecular complexity index is 1360. The van der Waals surface area contributed by atoms with Crippen molar-refractivity contribution >= 4 is 39.2 Å². The number of nitrogens with zero attached hydrogens (tertiary/aromatic N) is 2. The van der Waals surface area contributed by atoms with Crippen LogP contribution in [-0.4, -0.2) is 36.6 Å². The summed E-state index contributed by atoms with van der Waals surface area (Å²) in [4.78, 5) is 34.4. The number of primary amides is 1. The van der Waals surface area contributed by atoms with E-state index in [1.54, 1.807) is 30.3 Å². The number of ether oxygens (including phenoxy) is 1. The van der Waals surface area contributed by atoms with Gasteiger partial charge in [0.15, 0.2) is 0 Å². The molecule has 0 bridgehead atoms. The maximum atomic E-state index is 13.7. The molecule has 35 heavy (non-hydrogen) atoms. The molecule has 3 aromatic carbocycles. The largest absolute Gasteiger partial charge is 0.465 e. The maximum absolute atomic E-state index is 13.7. The number of nitro benzene ring substituents is 1. The summed E-state index contributed by atoms with van der Waals surface area (Å²) in [5, 5.41) is 11.1. The third-order valence-electron chi connectivity index (χ3n) is 5.11. The molecule has 0 saturated carbocycles. The highest BCUT2D eigenvalue weighted by Crippen LogP contribution is 2.33. The summed E-state index contributed by atoms with van der Waals surface area (Å²) in [6, 6.07) is 15.5. The van der Waals surface area contributed by atoms with E-state index in [4.69, 9.17) is 17.3 Å². The summed E-state index contributed by atoms with van der Waals surface area (Å²) in [5.41, 5.74) is 6.01. The molecule has 0 aliphatic rings. The highest BCUT2D eigenvalue weighted by Gasteiger charge is 2.37. The summed E-state index contributed by atoms with van der Waals surface area (Å²) in [7, 11) is -3.29. The molecule has 1 unspecified atom stereocenters. The van der Waals surface area contributed by atoms with Crippen LogP contribution in [0.4, 0.5) is 5.69 Å². The minimum absolute atomic E-state index is 0.242. The molecule has 0 fully saturated rings. The summed E-state index contributed by atoms with van der Waals surface area (Å²) in [6.07, 6.45) is 0. The van der Waals surface area contributed by atoms with E-state index in [1.165, 1.54) is 31.4 Å². The van der Waals surface area contributed by atoms with Gasteiger partial charge in [0, 0.05) is 12.6 Å². The fraction of sp³-hybridized carbons (Fsp3) is 0.130. The lowest BCUT2D eigenvalue weighted by molar-refractivity contribution is -0.384. The van der Waals surface area contributed by atoms with Crippen LogP contribution < -0.4 is 5.73 Å². The summed E-state index contributed by atoms with van der Waals surface area (Å²) < 4.78 is 33.0. The molecule has 0 aromatic heterocycles. The van der Waals surface area contributed by atoms with Crippen molar-refractivity contribution in [3.8, 4) is 0 Å². The number of nitro groups is 1. The van der Waals surface area contributed by atoms with E-state index in [2.05, 4.69) is 4.74 Å². The van der Waals surface area contributed by atoms with Crippen molar-refractivity contribution in [2.75, 3.05) is 7.11 Å². The van der Waals surface area contributed by atoms with Gasteiger partial charge in [-0.2, -0.15) is 4.31 Å². The Kier molecular flexibility index (Phi) is 7.85. The molecule has 0 saturated heterocycles. The van der Waals surface area contributed by atoms with Gasteiger partial charge in [-0.3, -0.25) is 14.9 Å². The normalized spacial score (nSPS) is 12.2. The number of amides is 1. The number of hydrogen-bond donors (Lipinski definition) is 1. The summed E-state index contributed by atoms with van der Waals surface area (Å²) in [5.74, 6) is -1.52. The monoisotopic (exact) mass is 517 g/mol. The lowest BCUT2D eigenvalue weighted by Gasteiger charge is -2.29. The Labute approximate surface area is 206 Å². The van der Waals surface area contributed by atoms with Gasteiger partial charge in [0.25, 0.3) is 5.69 Å². The average molecular weight is 518 g/mol. The van der Waals surface area contributed by atoms with Gasteiger partial charge in [-0.15, -0.1) is 0 Å². The van der Waals surface area contributed by atoms with E-state index in [9.17, 15) is 28.1 Å². The Morgan fingerprint density at radius 3 is 2.26 bits per heavy atom. The van der Waals surface area contributed by atoms with Crippen molar-refractivity contribution in [2.45, 2.75) is 17.5 Å². The Balaban J connectivity index is 2.15. The van der Waals surface area contributed by atoms with Crippen LogP contribution in [0.1, 0.15) is 27.5 Å². The van der Waals surface area contributed by atoms with E-state index < -0.39 is 43.4 Å². The number of benzene rings is 3. The number of carbonyl (C=O) groups is 2. The average Bonchev–Trinajstić information content (AvgIpc) is 2.84. The smallest absolute Gasteiger partial charge is 0.337 e. The number of nitrogens with two attached hydrogens (primary N) is 1. The van der Waals surface area contributed by atoms with Crippen LogP contribution >= 0.6 is 11.6 Å². The van der Waals surface area contributed by atoms with Crippen LogP contribution in [0.5, 0.6) is 0 Å². The second-order valence-corrected chi connectivity index (χ2v) is 9.62. The molecule has 3 aromatic rings. The van der Waals surface area contributed by atoms with Gasteiger partial charge in [-0.05, 0) is 35.4 Å². The molecule has 0 spiro atoms. The first-order valence-corrected chi connectivity index (χ1v) is 11.9. The first kappa shape index (κ1) is 25.8. The fourth-order valence-corrected chi connectivity index (χ4v) is 5.18. The molecule has 0 aliphatic heterocycles. The highest BCUT2D eigenvalue weighted by atomic mass is 35.5. The molecule has 0 radical (unpaired) electrons. The maximum Gasteiger partial charge on any atom is 0.337 e. The van der Waals surface area contributed by atoms with E-state index in [0.717, 1.165) is 22.5 Å².